The molecule has 0 aromatic heterocycles. The maximum absolute atomic E-state index is 13.5. The minimum absolute atomic E-state index is 0.108. The van der Waals surface area contributed by atoms with E-state index in [1.807, 2.05) is 56.3 Å². The minimum Gasteiger partial charge on any atom is -0.350 e. The monoisotopic (exact) mass is 492 g/mol. The second-order valence-corrected chi connectivity index (χ2v) is 10.5. The van der Waals surface area contributed by atoms with Crippen LogP contribution in [0, 0.1) is 13.8 Å². The van der Waals surface area contributed by atoms with Gasteiger partial charge in [-0.05, 0) is 66.1 Å². The molecule has 0 saturated carbocycles. The van der Waals surface area contributed by atoms with E-state index in [0.29, 0.717) is 10.7 Å². The highest BCUT2D eigenvalue weighted by Crippen LogP contribution is 2.28. The molecular formula is C27H25ClN2O3S. The van der Waals surface area contributed by atoms with Crippen LogP contribution in [0.25, 0.3) is 10.8 Å². The van der Waals surface area contributed by atoms with Crippen molar-refractivity contribution in [3.8, 4) is 0 Å². The number of hydrogen-bond acceptors (Lipinski definition) is 3. The first kappa shape index (κ1) is 23.8. The summed E-state index contributed by atoms with van der Waals surface area (Å²) in [6.07, 6.45) is 0. The van der Waals surface area contributed by atoms with Crippen LogP contribution in [-0.4, -0.2) is 20.9 Å². The quantitative estimate of drug-likeness (QED) is 0.364. The molecule has 0 aliphatic rings. The van der Waals surface area contributed by atoms with Gasteiger partial charge in [0.25, 0.3) is 10.0 Å². The number of nitrogens with zero attached hydrogens (tertiary/aromatic N) is 1. The molecule has 0 fully saturated rings. The Morgan fingerprint density at radius 3 is 2.29 bits per heavy atom. The molecule has 34 heavy (non-hydrogen) atoms. The Balaban J connectivity index is 1.58. The van der Waals surface area contributed by atoms with Gasteiger partial charge in [0.1, 0.15) is 6.54 Å². The van der Waals surface area contributed by atoms with Crippen LogP contribution in [0.5, 0.6) is 0 Å². The van der Waals surface area contributed by atoms with Gasteiger partial charge in [0.2, 0.25) is 5.91 Å². The fourth-order valence-electron chi connectivity index (χ4n) is 3.63. The molecule has 0 heterocycles. The summed E-state index contributed by atoms with van der Waals surface area (Å²) in [7, 11) is -3.99. The van der Waals surface area contributed by atoms with E-state index in [0.717, 1.165) is 31.8 Å². The third-order valence-electron chi connectivity index (χ3n) is 5.64. The Morgan fingerprint density at radius 2 is 1.59 bits per heavy atom. The Hall–Kier alpha value is -3.35. The lowest BCUT2D eigenvalue weighted by Gasteiger charge is -2.24. The van der Waals surface area contributed by atoms with Gasteiger partial charge in [0.15, 0.2) is 0 Å². The van der Waals surface area contributed by atoms with E-state index in [2.05, 4.69) is 5.32 Å². The number of carbonyl (C=O) groups is 1. The second kappa shape index (κ2) is 9.87. The Kier molecular flexibility index (Phi) is 6.91. The molecule has 0 aliphatic carbocycles. The van der Waals surface area contributed by atoms with Crippen LogP contribution in [0.3, 0.4) is 0 Å². The van der Waals surface area contributed by atoms with Gasteiger partial charge >= 0.3 is 0 Å². The lowest BCUT2D eigenvalue weighted by atomic mass is 10.1. The number of halogens is 1. The van der Waals surface area contributed by atoms with Crippen molar-refractivity contribution in [1.29, 1.82) is 0 Å². The highest BCUT2D eigenvalue weighted by Gasteiger charge is 2.27. The second-order valence-electron chi connectivity index (χ2n) is 8.22. The third kappa shape index (κ3) is 5.24. The van der Waals surface area contributed by atoms with Gasteiger partial charge in [-0.15, -0.1) is 0 Å². The van der Waals surface area contributed by atoms with E-state index in [-0.39, 0.29) is 18.0 Å². The summed E-state index contributed by atoms with van der Waals surface area (Å²) in [5.74, 6) is -0.416. The molecule has 0 aliphatic heterocycles. The summed E-state index contributed by atoms with van der Waals surface area (Å²) < 4.78 is 28.1. The zero-order valence-electron chi connectivity index (χ0n) is 19.0. The van der Waals surface area contributed by atoms with Crippen LogP contribution >= 0.6 is 11.6 Å². The van der Waals surface area contributed by atoms with Crippen molar-refractivity contribution in [3.05, 3.63) is 107 Å². The molecule has 1 amide bonds. The summed E-state index contributed by atoms with van der Waals surface area (Å²) >= 11 is 6.28. The molecule has 0 spiro atoms. The molecule has 4 aromatic carbocycles. The lowest BCUT2D eigenvalue weighted by Crippen LogP contribution is -2.40. The number of hydrogen-bond donors (Lipinski definition) is 1. The van der Waals surface area contributed by atoms with E-state index < -0.39 is 15.9 Å². The van der Waals surface area contributed by atoms with Gasteiger partial charge in [-0.3, -0.25) is 9.10 Å². The van der Waals surface area contributed by atoms with Crippen LogP contribution in [0.15, 0.2) is 89.8 Å². The number of aryl methyl sites for hydroxylation is 2. The maximum Gasteiger partial charge on any atom is 0.264 e. The fraction of sp³-hybridized carbons (Fsp3) is 0.148. The van der Waals surface area contributed by atoms with Crippen LogP contribution < -0.4 is 9.62 Å². The molecule has 0 unspecified atom stereocenters. The standard InChI is InChI=1S/C27H25ClN2O3S/c1-19-7-13-25(14-8-19)34(32,33)30(24-12-9-20(2)26(28)16-24)18-27(31)29-17-21-10-11-22-5-3-4-6-23(22)15-21/h3-16H,17-18H2,1-2H3,(H,29,31). The topological polar surface area (TPSA) is 66.5 Å². The summed E-state index contributed by atoms with van der Waals surface area (Å²) in [6.45, 7) is 3.63. The van der Waals surface area contributed by atoms with E-state index >= 15 is 0 Å². The maximum atomic E-state index is 13.5. The summed E-state index contributed by atoms with van der Waals surface area (Å²) in [6, 6.07) is 25.4. The van der Waals surface area contributed by atoms with E-state index in [1.165, 1.54) is 0 Å². The van der Waals surface area contributed by atoms with Crippen molar-refractivity contribution >= 4 is 44.0 Å². The van der Waals surface area contributed by atoms with Gasteiger partial charge in [-0.25, -0.2) is 8.42 Å². The number of sulfonamides is 1. The van der Waals surface area contributed by atoms with Crippen molar-refractivity contribution in [2.45, 2.75) is 25.3 Å². The number of nitrogens with one attached hydrogen (secondary N) is 1. The van der Waals surface area contributed by atoms with Crippen molar-refractivity contribution < 1.29 is 13.2 Å². The number of benzene rings is 4. The summed E-state index contributed by atoms with van der Waals surface area (Å²) in [5.41, 5.74) is 3.02. The number of fused-ring (bicyclic) bond motifs is 1. The van der Waals surface area contributed by atoms with Gasteiger partial charge in [0, 0.05) is 11.6 Å². The molecule has 0 saturated heterocycles. The number of amides is 1. The van der Waals surface area contributed by atoms with Crippen molar-refractivity contribution in [2.24, 2.45) is 0 Å². The predicted octanol–water partition coefficient (Wildman–Crippen LogP) is 5.62. The van der Waals surface area contributed by atoms with Gasteiger partial charge in [-0.1, -0.05) is 71.8 Å². The van der Waals surface area contributed by atoms with Crippen molar-refractivity contribution in [1.82, 2.24) is 5.32 Å². The molecule has 0 atom stereocenters. The van der Waals surface area contributed by atoms with Crippen molar-refractivity contribution in [2.75, 3.05) is 10.8 Å². The molecule has 0 radical (unpaired) electrons. The average molecular weight is 493 g/mol. The normalized spacial score (nSPS) is 11.4. The van der Waals surface area contributed by atoms with Crippen molar-refractivity contribution in [3.63, 3.8) is 0 Å². The molecule has 4 rings (SSSR count). The Labute approximate surface area is 205 Å². The van der Waals surface area contributed by atoms with E-state index in [1.54, 1.807) is 42.5 Å². The summed E-state index contributed by atoms with van der Waals surface area (Å²) in [5, 5.41) is 5.46. The van der Waals surface area contributed by atoms with Crippen LogP contribution in [-0.2, 0) is 21.4 Å². The molecule has 5 nitrogen and oxygen atoms in total. The first-order valence-electron chi connectivity index (χ1n) is 10.8. The largest absolute Gasteiger partial charge is 0.350 e. The first-order valence-corrected chi connectivity index (χ1v) is 12.7. The number of carbonyl (C=O) groups excluding carboxylic acids is 1. The zero-order valence-corrected chi connectivity index (χ0v) is 20.5. The Bertz CT molecular complexity index is 1450. The lowest BCUT2D eigenvalue weighted by molar-refractivity contribution is -0.119. The predicted molar refractivity (Wildman–Crippen MR) is 138 cm³/mol. The smallest absolute Gasteiger partial charge is 0.264 e. The molecule has 0 bridgehead atoms. The highest BCUT2D eigenvalue weighted by atomic mass is 35.5. The highest BCUT2D eigenvalue weighted by molar-refractivity contribution is 7.92. The average Bonchev–Trinajstić information content (AvgIpc) is 2.83. The Morgan fingerprint density at radius 1 is 0.882 bits per heavy atom. The minimum atomic E-state index is -3.99. The van der Waals surface area contributed by atoms with Gasteiger partial charge in [0.05, 0.1) is 10.6 Å². The zero-order chi connectivity index (χ0) is 24.3. The van der Waals surface area contributed by atoms with Gasteiger partial charge < -0.3 is 5.32 Å². The molecule has 174 valence electrons. The van der Waals surface area contributed by atoms with Gasteiger partial charge in [-0.2, -0.15) is 0 Å². The molecular weight excluding hydrogens is 468 g/mol. The van der Waals surface area contributed by atoms with E-state index in [9.17, 15) is 13.2 Å². The molecule has 4 aromatic rings. The molecule has 7 heteroatoms. The fourth-order valence-corrected chi connectivity index (χ4v) is 5.21. The summed E-state index contributed by atoms with van der Waals surface area (Å²) in [4.78, 5) is 13.0. The number of rotatable bonds is 7. The van der Waals surface area contributed by atoms with Crippen LogP contribution in [0.2, 0.25) is 5.02 Å². The third-order valence-corrected chi connectivity index (χ3v) is 7.84. The number of anilines is 1. The van der Waals surface area contributed by atoms with E-state index in [4.69, 9.17) is 11.6 Å². The van der Waals surface area contributed by atoms with Crippen LogP contribution in [0.1, 0.15) is 16.7 Å². The first-order chi connectivity index (χ1) is 16.2. The van der Waals surface area contributed by atoms with Crippen LogP contribution in [0.4, 0.5) is 5.69 Å². The molecule has 1 N–H and O–H groups in total. The SMILES string of the molecule is Cc1ccc(S(=O)(=O)N(CC(=O)NCc2ccc3ccccc3c2)c2ccc(C)c(Cl)c2)cc1.